The summed E-state index contributed by atoms with van der Waals surface area (Å²) in [6, 6.07) is 8.26. The van der Waals surface area contributed by atoms with Crippen LogP contribution in [0.1, 0.15) is 43.0 Å². The maximum Gasteiger partial charge on any atom is 0.251 e. The highest BCUT2D eigenvalue weighted by atomic mass is 16.1. The number of rotatable bonds is 6. The van der Waals surface area contributed by atoms with Gasteiger partial charge >= 0.3 is 0 Å². The molecular weight excluding hydrogens is 250 g/mol. The maximum atomic E-state index is 11.9. The number of amides is 1. The van der Waals surface area contributed by atoms with Crippen molar-refractivity contribution in [1.29, 1.82) is 0 Å². The molecule has 1 atom stereocenters. The van der Waals surface area contributed by atoms with Crippen molar-refractivity contribution in [3.63, 3.8) is 0 Å². The number of hydrogen-bond acceptors (Lipinski definition) is 3. The van der Waals surface area contributed by atoms with E-state index in [1.54, 1.807) is 0 Å². The van der Waals surface area contributed by atoms with Gasteiger partial charge in [-0.1, -0.05) is 19.4 Å². The number of benzene rings is 1. The molecule has 4 heteroatoms. The molecule has 1 heterocycles. The lowest BCUT2D eigenvalue weighted by Crippen LogP contribution is -2.39. The lowest BCUT2D eigenvalue weighted by molar-refractivity contribution is 0.0953. The second kappa shape index (κ2) is 7.90. The summed E-state index contributed by atoms with van der Waals surface area (Å²) in [7, 11) is 0. The minimum Gasteiger partial charge on any atom is -0.383 e. The van der Waals surface area contributed by atoms with Gasteiger partial charge in [-0.25, -0.2) is 0 Å². The van der Waals surface area contributed by atoms with Crippen LogP contribution in [0.4, 0.5) is 5.69 Å². The normalized spacial score (nSPS) is 18.6. The third-order valence-corrected chi connectivity index (χ3v) is 3.63. The quantitative estimate of drug-likeness (QED) is 0.747. The van der Waals surface area contributed by atoms with Crippen LogP contribution < -0.4 is 16.0 Å². The summed E-state index contributed by atoms with van der Waals surface area (Å²) in [4.78, 5) is 11.9. The zero-order valence-corrected chi connectivity index (χ0v) is 12.2. The highest BCUT2D eigenvalue weighted by Crippen LogP contribution is 2.12. The molecule has 110 valence electrons. The SMILES string of the molecule is CCCNC(=O)c1cccc(NCC2CCCCN2)c1. The van der Waals surface area contributed by atoms with Crippen molar-refractivity contribution in [2.75, 3.05) is 25.0 Å². The molecule has 1 aromatic rings. The number of anilines is 1. The van der Waals surface area contributed by atoms with Gasteiger partial charge in [0.15, 0.2) is 0 Å². The third-order valence-electron chi connectivity index (χ3n) is 3.63. The Bertz CT molecular complexity index is 427. The monoisotopic (exact) mass is 275 g/mol. The topological polar surface area (TPSA) is 53.2 Å². The van der Waals surface area contributed by atoms with Gasteiger partial charge in [-0.15, -0.1) is 0 Å². The van der Waals surface area contributed by atoms with Crippen LogP contribution in [-0.4, -0.2) is 31.6 Å². The highest BCUT2D eigenvalue weighted by Gasteiger charge is 2.12. The second-order valence-electron chi connectivity index (χ2n) is 5.36. The Morgan fingerprint density at radius 3 is 3.05 bits per heavy atom. The first kappa shape index (κ1) is 14.9. The summed E-state index contributed by atoms with van der Waals surface area (Å²) in [5.41, 5.74) is 1.74. The van der Waals surface area contributed by atoms with E-state index in [1.807, 2.05) is 24.3 Å². The molecule has 0 aliphatic carbocycles. The molecule has 1 unspecified atom stereocenters. The molecule has 0 saturated carbocycles. The summed E-state index contributed by atoms with van der Waals surface area (Å²) < 4.78 is 0. The molecule has 2 rings (SSSR count). The molecule has 1 amide bonds. The van der Waals surface area contributed by atoms with Gasteiger partial charge < -0.3 is 16.0 Å². The van der Waals surface area contributed by atoms with E-state index in [0.717, 1.165) is 37.3 Å². The first-order valence-corrected chi connectivity index (χ1v) is 7.65. The van der Waals surface area contributed by atoms with Crippen molar-refractivity contribution in [2.45, 2.75) is 38.6 Å². The van der Waals surface area contributed by atoms with Crippen LogP contribution in [0, 0.1) is 0 Å². The van der Waals surface area contributed by atoms with Crippen LogP contribution in [0.25, 0.3) is 0 Å². The number of nitrogens with one attached hydrogen (secondary N) is 3. The Kier molecular flexibility index (Phi) is 5.87. The molecular formula is C16H25N3O. The summed E-state index contributed by atoms with van der Waals surface area (Å²) in [6.45, 7) is 4.81. The first-order chi connectivity index (χ1) is 9.79. The second-order valence-corrected chi connectivity index (χ2v) is 5.36. The molecule has 4 nitrogen and oxygen atoms in total. The molecule has 0 aromatic heterocycles. The van der Waals surface area contributed by atoms with Crippen LogP contribution in [0.2, 0.25) is 0 Å². The van der Waals surface area contributed by atoms with E-state index in [1.165, 1.54) is 19.3 Å². The lowest BCUT2D eigenvalue weighted by Gasteiger charge is -2.24. The van der Waals surface area contributed by atoms with E-state index in [2.05, 4.69) is 22.9 Å². The van der Waals surface area contributed by atoms with Crippen molar-refractivity contribution >= 4 is 11.6 Å². The minimum atomic E-state index is 0.00583. The van der Waals surface area contributed by atoms with Gasteiger partial charge in [-0.05, 0) is 44.0 Å². The predicted octanol–water partition coefficient (Wildman–Crippen LogP) is 2.38. The smallest absolute Gasteiger partial charge is 0.251 e. The Hall–Kier alpha value is -1.55. The molecule has 1 aromatic carbocycles. The summed E-state index contributed by atoms with van der Waals surface area (Å²) in [5.74, 6) is 0.00583. The number of carbonyl (C=O) groups is 1. The van der Waals surface area contributed by atoms with Gasteiger partial charge in [0.1, 0.15) is 0 Å². The van der Waals surface area contributed by atoms with E-state index < -0.39 is 0 Å². The lowest BCUT2D eigenvalue weighted by atomic mass is 10.0. The van der Waals surface area contributed by atoms with E-state index >= 15 is 0 Å². The zero-order chi connectivity index (χ0) is 14.2. The Labute approximate surface area is 121 Å². The number of carbonyl (C=O) groups excluding carboxylic acids is 1. The fourth-order valence-corrected chi connectivity index (χ4v) is 2.45. The van der Waals surface area contributed by atoms with Gasteiger partial charge in [-0.2, -0.15) is 0 Å². The predicted molar refractivity (Wildman–Crippen MR) is 83.2 cm³/mol. The van der Waals surface area contributed by atoms with Gasteiger partial charge in [0.2, 0.25) is 0 Å². The van der Waals surface area contributed by atoms with Crippen LogP contribution >= 0.6 is 0 Å². The molecule has 20 heavy (non-hydrogen) atoms. The van der Waals surface area contributed by atoms with E-state index in [0.29, 0.717) is 6.04 Å². The molecule has 0 radical (unpaired) electrons. The summed E-state index contributed by atoms with van der Waals surface area (Å²) >= 11 is 0. The fourth-order valence-electron chi connectivity index (χ4n) is 2.45. The van der Waals surface area contributed by atoms with Crippen LogP contribution in [0.3, 0.4) is 0 Å². The molecule has 0 spiro atoms. The van der Waals surface area contributed by atoms with E-state index in [-0.39, 0.29) is 5.91 Å². The molecule has 1 saturated heterocycles. The van der Waals surface area contributed by atoms with E-state index in [4.69, 9.17) is 0 Å². The Morgan fingerprint density at radius 2 is 2.30 bits per heavy atom. The largest absolute Gasteiger partial charge is 0.383 e. The molecule has 1 aliphatic rings. The first-order valence-electron chi connectivity index (χ1n) is 7.65. The summed E-state index contributed by atoms with van der Waals surface area (Å²) in [5, 5.41) is 9.84. The van der Waals surface area contributed by atoms with Crippen LogP contribution in [-0.2, 0) is 0 Å². The Morgan fingerprint density at radius 1 is 1.40 bits per heavy atom. The molecule has 0 bridgehead atoms. The number of hydrogen-bond donors (Lipinski definition) is 3. The standard InChI is InChI=1S/C16H25N3O/c1-2-9-18-16(20)13-6-5-8-14(11-13)19-12-15-7-3-4-10-17-15/h5-6,8,11,15,17,19H,2-4,7,9-10,12H2,1H3,(H,18,20). The molecule has 1 aliphatic heterocycles. The Balaban J connectivity index is 1.86. The number of piperidine rings is 1. The third kappa shape index (κ3) is 4.53. The van der Waals surface area contributed by atoms with Gasteiger partial charge in [0, 0.05) is 30.4 Å². The zero-order valence-electron chi connectivity index (χ0n) is 12.2. The maximum absolute atomic E-state index is 11.9. The minimum absolute atomic E-state index is 0.00583. The highest BCUT2D eigenvalue weighted by molar-refractivity contribution is 5.95. The van der Waals surface area contributed by atoms with Gasteiger partial charge in [0.05, 0.1) is 0 Å². The van der Waals surface area contributed by atoms with Gasteiger partial charge in [-0.3, -0.25) is 4.79 Å². The van der Waals surface area contributed by atoms with Crippen molar-refractivity contribution in [2.24, 2.45) is 0 Å². The fraction of sp³-hybridized carbons (Fsp3) is 0.562. The van der Waals surface area contributed by atoms with Crippen molar-refractivity contribution in [3.05, 3.63) is 29.8 Å². The van der Waals surface area contributed by atoms with Crippen molar-refractivity contribution in [3.8, 4) is 0 Å². The van der Waals surface area contributed by atoms with Crippen LogP contribution in [0.5, 0.6) is 0 Å². The molecule has 1 fully saturated rings. The van der Waals surface area contributed by atoms with E-state index in [9.17, 15) is 4.79 Å². The van der Waals surface area contributed by atoms with Gasteiger partial charge in [0.25, 0.3) is 5.91 Å². The van der Waals surface area contributed by atoms with Crippen LogP contribution in [0.15, 0.2) is 24.3 Å². The summed E-state index contributed by atoms with van der Waals surface area (Å²) in [6.07, 6.45) is 4.77. The van der Waals surface area contributed by atoms with Crippen molar-refractivity contribution < 1.29 is 4.79 Å². The average molecular weight is 275 g/mol. The van der Waals surface area contributed by atoms with Crippen molar-refractivity contribution in [1.82, 2.24) is 10.6 Å². The average Bonchev–Trinajstić information content (AvgIpc) is 2.52. The molecule has 3 N–H and O–H groups in total.